The van der Waals surface area contributed by atoms with Gasteiger partial charge in [-0.3, -0.25) is 4.90 Å². The second-order valence-corrected chi connectivity index (χ2v) is 8.73. The van der Waals surface area contributed by atoms with Crippen LogP contribution in [0.4, 0.5) is 4.39 Å². The fourth-order valence-electron chi connectivity index (χ4n) is 3.29. The van der Waals surface area contributed by atoms with Crippen LogP contribution in [0.2, 0.25) is 0 Å². The average Bonchev–Trinajstić information content (AvgIpc) is 2.64. The van der Waals surface area contributed by atoms with Crippen molar-refractivity contribution in [2.75, 3.05) is 59.4 Å². The minimum absolute atomic E-state index is 0.300. The van der Waals surface area contributed by atoms with Crippen LogP contribution in [0.15, 0.2) is 18.2 Å². The Bertz CT molecular complexity index is 779. The fraction of sp³-hybridized carbons (Fsp3) is 0.588. The van der Waals surface area contributed by atoms with Gasteiger partial charge in [-0.2, -0.15) is 22.3 Å². The van der Waals surface area contributed by atoms with Crippen molar-refractivity contribution in [3.63, 3.8) is 0 Å². The first-order valence-electron chi connectivity index (χ1n) is 8.75. The van der Waals surface area contributed by atoms with Gasteiger partial charge in [-0.25, -0.2) is 4.39 Å². The van der Waals surface area contributed by atoms with Gasteiger partial charge >= 0.3 is 0 Å². The molecule has 0 N–H and O–H groups in total. The van der Waals surface area contributed by atoms with Gasteiger partial charge in [0.05, 0.1) is 11.6 Å². The lowest BCUT2D eigenvalue weighted by molar-refractivity contribution is 0.164. The molecule has 142 valence electrons. The van der Waals surface area contributed by atoms with Crippen LogP contribution in [-0.2, 0) is 16.8 Å². The number of nitriles is 1. The van der Waals surface area contributed by atoms with Crippen molar-refractivity contribution in [3.05, 3.63) is 35.1 Å². The lowest BCUT2D eigenvalue weighted by Crippen LogP contribution is -2.56. The smallest absolute Gasteiger partial charge is 0.282 e. The zero-order chi connectivity index (χ0) is 18.7. The summed E-state index contributed by atoms with van der Waals surface area (Å²) in [7, 11) is -1.43. The molecule has 2 heterocycles. The maximum atomic E-state index is 14.0. The Morgan fingerprint density at radius 2 is 1.62 bits per heavy atom. The molecule has 0 spiro atoms. The van der Waals surface area contributed by atoms with E-state index in [-0.39, 0.29) is 0 Å². The SMILES string of the molecule is CN1CCN(S(=O)(=O)N2CCN(Cc3ccc(C#N)cc3F)CC2)CC1. The van der Waals surface area contributed by atoms with Gasteiger partial charge in [0.2, 0.25) is 0 Å². The maximum Gasteiger partial charge on any atom is 0.282 e. The van der Waals surface area contributed by atoms with E-state index in [4.69, 9.17) is 5.26 Å². The predicted octanol–water partition coefficient (Wildman–Crippen LogP) is 0.307. The molecule has 26 heavy (non-hydrogen) atoms. The normalized spacial score (nSPS) is 21.6. The molecule has 0 radical (unpaired) electrons. The number of nitrogens with zero attached hydrogens (tertiary/aromatic N) is 5. The second-order valence-electron chi connectivity index (χ2n) is 6.80. The summed E-state index contributed by atoms with van der Waals surface area (Å²) in [6.07, 6.45) is 0. The van der Waals surface area contributed by atoms with Crippen LogP contribution in [-0.4, -0.2) is 86.2 Å². The summed E-state index contributed by atoms with van der Waals surface area (Å²) in [4.78, 5) is 4.16. The number of halogens is 1. The number of piperazine rings is 2. The van der Waals surface area contributed by atoms with E-state index in [2.05, 4.69) is 4.90 Å². The molecule has 1 aromatic carbocycles. The molecule has 0 atom stereocenters. The molecule has 0 unspecified atom stereocenters. The summed E-state index contributed by atoms with van der Waals surface area (Å²) in [6, 6.07) is 6.39. The van der Waals surface area contributed by atoms with Crippen molar-refractivity contribution in [2.24, 2.45) is 0 Å². The van der Waals surface area contributed by atoms with Crippen LogP contribution < -0.4 is 0 Å². The molecule has 2 saturated heterocycles. The number of likely N-dealkylation sites (N-methyl/N-ethyl adjacent to an activating group) is 1. The third kappa shape index (κ3) is 4.22. The highest BCUT2D eigenvalue weighted by Gasteiger charge is 2.33. The quantitative estimate of drug-likeness (QED) is 0.751. The molecule has 0 saturated carbocycles. The van der Waals surface area contributed by atoms with Crippen molar-refractivity contribution < 1.29 is 12.8 Å². The Morgan fingerprint density at radius 3 is 2.15 bits per heavy atom. The molecule has 2 aliphatic heterocycles. The Morgan fingerprint density at radius 1 is 1.04 bits per heavy atom. The Balaban J connectivity index is 1.56. The molecule has 9 heteroatoms. The van der Waals surface area contributed by atoms with E-state index < -0.39 is 16.0 Å². The van der Waals surface area contributed by atoms with Gasteiger partial charge in [0.25, 0.3) is 10.2 Å². The van der Waals surface area contributed by atoms with Gasteiger partial charge in [0.1, 0.15) is 5.82 Å². The third-order valence-electron chi connectivity index (χ3n) is 5.02. The highest BCUT2D eigenvalue weighted by Crippen LogP contribution is 2.17. The largest absolute Gasteiger partial charge is 0.304 e. The molecule has 1 aromatic rings. The van der Waals surface area contributed by atoms with E-state index in [0.29, 0.717) is 56.9 Å². The minimum Gasteiger partial charge on any atom is -0.304 e. The van der Waals surface area contributed by atoms with Crippen LogP contribution >= 0.6 is 0 Å². The number of rotatable bonds is 4. The van der Waals surface area contributed by atoms with Crippen LogP contribution in [0.25, 0.3) is 0 Å². The first-order valence-corrected chi connectivity index (χ1v) is 10.1. The van der Waals surface area contributed by atoms with Gasteiger partial charge in [0, 0.05) is 64.5 Å². The predicted molar refractivity (Wildman–Crippen MR) is 96.0 cm³/mol. The van der Waals surface area contributed by atoms with Crippen molar-refractivity contribution in [2.45, 2.75) is 6.54 Å². The van der Waals surface area contributed by atoms with Crippen molar-refractivity contribution in [1.82, 2.24) is 18.4 Å². The molecular formula is C17H24FN5O2S. The zero-order valence-electron chi connectivity index (χ0n) is 14.9. The van der Waals surface area contributed by atoms with Crippen molar-refractivity contribution in [1.29, 1.82) is 5.26 Å². The van der Waals surface area contributed by atoms with Gasteiger partial charge < -0.3 is 4.90 Å². The van der Waals surface area contributed by atoms with Gasteiger partial charge in [-0.05, 0) is 19.2 Å². The number of benzene rings is 1. The molecule has 2 aliphatic rings. The first kappa shape index (κ1) is 19.2. The summed E-state index contributed by atoms with van der Waals surface area (Å²) in [6.45, 7) is 4.90. The molecule has 0 amide bonds. The van der Waals surface area contributed by atoms with E-state index >= 15 is 0 Å². The van der Waals surface area contributed by atoms with Gasteiger partial charge in [-0.15, -0.1) is 0 Å². The first-order chi connectivity index (χ1) is 12.4. The van der Waals surface area contributed by atoms with Crippen LogP contribution in [0.1, 0.15) is 11.1 Å². The van der Waals surface area contributed by atoms with E-state index in [1.807, 2.05) is 18.0 Å². The Kier molecular flexibility index (Phi) is 5.89. The van der Waals surface area contributed by atoms with E-state index in [1.165, 1.54) is 10.4 Å². The Labute approximate surface area is 154 Å². The molecule has 2 fully saturated rings. The van der Waals surface area contributed by atoms with E-state index in [9.17, 15) is 12.8 Å². The summed E-state index contributed by atoms with van der Waals surface area (Å²) in [5.41, 5.74) is 0.828. The minimum atomic E-state index is -3.42. The lowest BCUT2D eigenvalue weighted by Gasteiger charge is -2.39. The Hall–Kier alpha value is -1.57. The molecule has 3 rings (SSSR count). The summed E-state index contributed by atoms with van der Waals surface area (Å²) < 4.78 is 42.7. The monoisotopic (exact) mass is 381 g/mol. The summed E-state index contributed by atoms with van der Waals surface area (Å²) >= 11 is 0. The van der Waals surface area contributed by atoms with Gasteiger partial charge in [-0.1, -0.05) is 6.07 Å². The zero-order valence-corrected chi connectivity index (χ0v) is 15.8. The number of hydrogen-bond donors (Lipinski definition) is 0. The topological polar surface area (TPSA) is 70.9 Å². The average molecular weight is 381 g/mol. The second kappa shape index (κ2) is 7.98. The molecule has 0 aliphatic carbocycles. The highest BCUT2D eigenvalue weighted by molar-refractivity contribution is 7.86. The lowest BCUT2D eigenvalue weighted by atomic mass is 10.1. The molecule has 0 bridgehead atoms. The molecular weight excluding hydrogens is 357 g/mol. The van der Waals surface area contributed by atoms with Crippen molar-refractivity contribution in [3.8, 4) is 6.07 Å². The van der Waals surface area contributed by atoms with E-state index in [0.717, 1.165) is 13.1 Å². The van der Waals surface area contributed by atoms with Crippen LogP contribution in [0.3, 0.4) is 0 Å². The molecule has 0 aromatic heterocycles. The third-order valence-corrected chi connectivity index (χ3v) is 7.06. The standard InChI is InChI=1S/C17H24FN5O2S/c1-20-4-8-22(9-5-20)26(24,25)23-10-6-21(7-11-23)14-16-3-2-15(13-19)12-17(16)18/h2-3,12H,4-11,14H2,1H3. The molecule has 7 nitrogen and oxygen atoms in total. The fourth-order valence-corrected chi connectivity index (χ4v) is 4.86. The van der Waals surface area contributed by atoms with Crippen LogP contribution in [0, 0.1) is 17.1 Å². The van der Waals surface area contributed by atoms with Gasteiger partial charge in [0.15, 0.2) is 0 Å². The van der Waals surface area contributed by atoms with E-state index in [1.54, 1.807) is 16.4 Å². The van der Waals surface area contributed by atoms with Crippen LogP contribution in [0.5, 0.6) is 0 Å². The van der Waals surface area contributed by atoms with Crippen molar-refractivity contribution >= 4 is 10.2 Å². The summed E-state index contributed by atoms with van der Waals surface area (Å²) in [5, 5.41) is 8.81. The number of hydrogen-bond acceptors (Lipinski definition) is 5. The summed E-state index contributed by atoms with van der Waals surface area (Å²) in [5.74, 6) is -0.392. The highest BCUT2D eigenvalue weighted by atomic mass is 32.2. The maximum absolute atomic E-state index is 14.0.